The van der Waals surface area contributed by atoms with E-state index in [-0.39, 0.29) is 64.3 Å². The molecule has 1 aromatic rings. The van der Waals surface area contributed by atoms with Gasteiger partial charge in [0.05, 0.1) is 24.5 Å². The zero-order valence-corrected chi connectivity index (χ0v) is 39.1. The third-order valence-electron chi connectivity index (χ3n) is 18.4. The number of ketones is 1. The van der Waals surface area contributed by atoms with Crippen molar-refractivity contribution >= 4 is 23.6 Å². The number of aliphatic hydroxyl groups is 1. The molecule has 1 saturated heterocycles. The van der Waals surface area contributed by atoms with E-state index in [0.717, 1.165) is 75.6 Å². The SMILES string of the molecule is CC(C)C1=C2[C@H]3CC[C@@H]4[C@@]5(C)CC[C@H](OC(=O)CC(C)(C)C(=O)O)C(C)(C)[C@@H]5CC[C@@]4(C)[C@]3(C)CC[C@@]2([C@@H](O)CN(CC(=O)N2CCN(C)CC2)Cc2ccccc2)CC1=O. The third-order valence-corrected chi connectivity index (χ3v) is 18.4. The van der Waals surface area contributed by atoms with E-state index < -0.39 is 28.9 Å². The number of likely N-dealkylation sites (N-methyl/N-ethyl adjacent to an activating group) is 1. The van der Waals surface area contributed by atoms with Gasteiger partial charge in [-0.2, -0.15) is 0 Å². The molecule has 5 aliphatic carbocycles. The zero-order chi connectivity index (χ0) is 44.5. The van der Waals surface area contributed by atoms with Crippen LogP contribution in [0.5, 0.6) is 0 Å². The van der Waals surface area contributed by atoms with Crippen LogP contribution in [0, 0.1) is 56.2 Å². The number of hydrogen-bond acceptors (Lipinski definition) is 8. The summed E-state index contributed by atoms with van der Waals surface area (Å²) < 4.78 is 6.20. The van der Waals surface area contributed by atoms with Gasteiger partial charge in [0.1, 0.15) is 6.10 Å². The highest BCUT2D eigenvalue weighted by Crippen LogP contribution is 2.77. The Hall–Kier alpha value is -3.08. The van der Waals surface area contributed by atoms with Gasteiger partial charge in [0, 0.05) is 56.5 Å². The van der Waals surface area contributed by atoms with E-state index in [9.17, 15) is 29.4 Å². The first-order valence-electron chi connectivity index (χ1n) is 23.6. The number of amides is 1. The Kier molecular flexibility index (Phi) is 12.4. The fourth-order valence-corrected chi connectivity index (χ4v) is 14.7. The van der Waals surface area contributed by atoms with E-state index >= 15 is 0 Å². The lowest BCUT2D eigenvalue weighted by molar-refractivity contribution is -0.235. The van der Waals surface area contributed by atoms with Gasteiger partial charge in [-0.25, -0.2) is 0 Å². The van der Waals surface area contributed by atoms with Crippen molar-refractivity contribution in [1.29, 1.82) is 0 Å². The number of benzene rings is 1. The van der Waals surface area contributed by atoms with Crippen molar-refractivity contribution in [3.05, 3.63) is 47.0 Å². The van der Waals surface area contributed by atoms with Crippen LogP contribution in [0.25, 0.3) is 0 Å². The van der Waals surface area contributed by atoms with E-state index in [1.807, 2.05) is 23.1 Å². The summed E-state index contributed by atoms with van der Waals surface area (Å²) in [6.45, 7) is 23.8. The normalized spacial score (nSPS) is 35.6. The second-order valence-corrected chi connectivity index (χ2v) is 22.9. The van der Waals surface area contributed by atoms with E-state index in [2.05, 4.69) is 77.4 Å². The average Bonchev–Trinajstić information content (AvgIpc) is 3.50. The fraction of sp³-hybridized carbons (Fsp3) is 0.765. The number of nitrogens with zero attached hydrogens (tertiary/aromatic N) is 3. The maximum absolute atomic E-state index is 14.4. The molecular weight excluding hydrogens is 767 g/mol. The van der Waals surface area contributed by atoms with E-state index in [1.54, 1.807) is 13.8 Å². The van der Waals surface area contributed by atoms with Gasteiger partial charge in [0.25, 0.3) is 0 Å². The summed E-state index contributed by atoms with van der Waals surface area (Å²) in [7, 11) is 2.09. The van der Waals surface area contributed by atoms with Crippen molar-refractivity contribution in [2.45, 2.75) is 145 Å². The molecule has 0 spiro atoms. The Morgan fingerprint density at radius 1 is 0.885 bits per heavy atom. The van der Waals surface area contributed by atoms with Crippen molar-refractivity contribution in [1.82, 2.24) is 14.7 Å². The highest BCUT2D eigenvalue weighted by Gasteiger charge is 2.71. The van der Waals surface area contributed by atoms with Crippen LogP contribution < -0.4 is 0 Å². The van der Waals surface area contributed by atoms with Gasteiger partial charge < -0.3 is 24.7 Å². The predicted molar refractivity (Wildman–Crippen MR) is 237 cm³/mol. The quantitative estimate of drug-likeness (QED) is 0.201. The number of fused-ring (bicyclic) bond motifs is 7. The van der Waals surface area contributed by atoms with Crippen LogP contribution in [-0.2, 0) is 30.5 Å². The lowest BCUT2D eigenvalue weighted by Gasteiger charge is -2.72. The molecule has 10 nitrogen and oxygen atoms in total. The maximum atomic E-state index is 14.4. The molecule has 9 atom stereocenters. The minimum atomic E-state index is -1.18. The van der Waals surface area contributed by atoms with Gasteiger partial charge in [0.2, 0.25) is 5.91 Å². The number of aliphatic hydroxyl groups excluding tert-OH is 1. The first kappa shape index (κ1) is 45.9. The van der Waals surface area contributed by atoms with Crippen LogP contribution in [0.1, 0.15) is 132 Å². The summed E-state index contributed by atoms with van der Waals surface area (Å²) in [5, 5.41) is 22.5. The Bertz CT molecular complexity index is 1880. The van der Waals surface area contributed by atoms with Gasteiger partial charge in [-0.1, -0.05) is 84.4 Å². The van der Waals surface area contributed by atoms with Gasteiger partial charge in [-0.15, -0.1) is 0 Å². The summed E-state index contributed by atoms with van der Waals surface area (Å²) >= 11 is 0. The third kappa shape index (κ3) is 7.85. The van der Waals surface area contributed by atoms with Crippen LogP contribution >= 0.6 is 0 Å². The number of hydrogen-bond donors (Lipinski definition) is 2. The number of piperazine rings is 1. The Morgan fingerprint density at radius 2 is 1.56 bits per heavy atom. The molecule has 1 amide bonds. The number of carboxylic acids is 1. The number of aliphatic carboxylic acids is 1. The minimum absolute atomic E-state index is 0.00160. The fourth-order valence-electron chi connectivity index (χ4n) is 14.7. The second-order valence-electron chi connectivity index (χ2n) is 22.9. The molecule has 1 heterocycles. The molecule has 5 fully saturated rings. The molecule has 0 bridgehead atoms. The van der Waals surface area contributed by atoms with Crippen molar-refractivity contribution < 1.29 is 34.1 Å². The molecule has 2 N–H and O–H groups in total. The molecule has 4 saturated carbocycles. The van der Waals surface area contributed by atoms with Gasteiger partial charge in [-0.05, 0) is 123 Å². The molecule has 7 rings (SSSR count). The highest BCUT2D eigenvalue weighted by molar-refractivity contribution is 6.00. The van der Waals surface area contributed by atoms with Gasteiger partial charge >= 0.3 is 11.9 Å². The first-order valence-corrected chi connectivity index (χ1v) is 23.6. The lowest BCUT2D eigenvalue weighted by atomic mass is 9.33. The summed E-state index contributed by atoms with van der Waals surface area (Å²) in [6, 6.07) is 10.2. The molecular formula is C51H77N3O7. The van der Waals surface area contributed by atoms with Crippen LogP contribution in [0.3, 0.4) is 0 Å². The van der Waals surface area contributed by atoms with Crippen LogP contribution in [0.2, 0.25) is 0 Å². The Morgan fingerprint density at radius 3 is 2.20 bits per heavy atom. The van der Waals surface area contributed by atoms with Crippen LogP contribution in [-0.4, -0.2) is 107 Å². The van der Waals surface area contributed by atoms with Crippen LogP contribution in [0.4, 0.5) is 0 Å². The number of esters is 1. The minimum Gasteiger partial charge on any atom is -0.481 e. The second kappa shape index (κ2) is 16.5. The molecule has 0 radical (unpaired) electrons. The summed E-state index contributed by atoms with van der Waals surface area (Å²) in [6.07, 6.45) is 6.62. The maximum Gasteiger partial charge on any atom is 0.309 e. The molecule has 61 heavy (non-hydrogen) atoms. The zero-order valence-electron chi connectivity index (χ0n) is 39.1. The number of carbonyl (C=O) groups excluding carboxylic acids is 3. The topological polar surface area (TPSA) is 128 Å². The standard InChI is InChI=1S/C51H77N3O7/c1-33(2)43-36(55)28-51(39(56)31-53(30-34-14-12-11-13-15-34)32-41(57)54-26-24-52(10)25-27-54)23-22-49(8)35(44(43)51)16-17-38-48(7)20-19-40(61-42(58)29-46(3,4)45(59)60)47(5,6)37(48)18-21-50(38,49)9/h11-15,33,35,37-40,56H,16-32H2,1-10H3,(H,59,60)/t35-,37+,38-,39+,40+,48+,49-,50-,51+/m1/s1. The van der Waals surface area contributed by atoms with Crippen molar-refractivity contribution in [2.24, 2.45) is 56.2 Å². The molecule has 0 aromatic heterocycles. The lowest BCUT2D eigenvalue weighted by Crippen LogP contribution is -2.66. The van der Waals surface area contributed by atoms with Crippen molar-refractivity contribution in [2.75, 3.05) is 46.3 Å². The molecule has 6 aliphatic rings. The van der Waals surface area contributed by atoms with E-state index in [0.29, 0.717) is 44.4 Å². The number of rotatable bonds is 12. The van der Waals surface area contributed by atoms with Crippen molar-refractivity contribution in [3.8, 4) is 0 Å². The Balaban J connectivity index is 1.16. The predicted octanol–water partition coefficient (Wildman–Crippen LogP) is 8.02. The van der Waals surface area contributed by atoms with E-state index in [1.165, 1.54) is 5.57 Å². The molecule has 1 aromatic carbocycles. The largest absolute Gasteiger partial charge is 0.481 e. The first-order chi connectivity index (χ1) is 28.5. The van der Waals surface area contributed by atoms with Crippen molar-refractivity contribution in [3.63, 3.8) is 0 Å². The number of allylic oxidation sites excluding steroid dienone is 1. The van der Waals surface area contributed by atoms with Gasteiger partial charge in [-0.3, -0.25) is 24.1 Å². The summed E-state index contributed by atoms with van der Waals surface area (Å²) in [4.78, 5) is 59.7. The number of ether oxygens (including phenoxy) is 1. The number of Topliss-reactive ketones (excluding diaryl/α,β-unsaturated/α-hetero) is 1. The van der Waals surface area contributed by atoms with Gasteiger partial charge in [0.15, 0.2) is 5.78 Å². The summed E-state index contributed by atoms with van der Waals surface area (Å²) in [5.41, 5.74) is 1.13. The molecule has 0 unspecified atom stereocenters. The Labute approximate surface area is 366 Å². The molecule has 10 heteroatoms. The smallest absolute Gasteiger partial charge is 0.309 e. The average molecular weight is 844 g/mol. The molecule has 1 aliphatic heterocycles. The number of carboxylic acid groups (broad SMARTS) is 1. The van der Waals surface area contributed by atoms with Crippen LogP contribution in [0.15, 0.2) is 41.5 Å². The summed E-state index contributed by atoms with van der Waals surface area (Å²) in [5.74, 6) is -0.122. The monoisotopic (exact) mass is 844 g/mol. The highest BCUT2D eigenvalue weighted by atomic mass is 16.5. The number of carbonyl (C=O) groups is 4. The molecule has 338 valence electrons. The van der Waals surface area contributed by atoms with E-state index in [4.69, 9.17) is 4.74 Å².